The lowest BCUT2D eigenvalue weighted by molar-refractivity contribution is -0.137. The monoisotopic (exact) mass is 392 g/mol. The van der Waals surface area contributed by atoms with Crippen molar-refractivity contribution in [2.24, 2.45) is 11.8 Å². The molecule has 2 saturated heterocycles. The Hall–Kier alpha value is -1.66. The predicted octanol–water partition coefficient (Wildman–Crippen LogP) is 3.85. The first-order valence-corrected chi connectivity index (χ1v) is 11.4. The molecule has 0 spiro atoms. The van der Waals surface area contributed by atoms with Gasteiger partial charge in [-0.15, -0.1) is 0 Å². The van der Waals surface area contributed by atoms with Crippen molar-refractivity contribution in [1.29, 1.82) is 0 Å². The Morgan fingerprint density at radius 3 is 2.52 bits per heavy atom. The minimum atomic E-state index is -3.26. The molecular formula is C21H28O5S. The van der Waals surface area contributed by atoms with Gasteiger partial charge in [-0.1, -0.05) is 30.4 Å². The molecule has 2 aliphatic rings. The van der Waals surface area contributed by atoms with E-state index in [1.807, 2.05) is 12.1 Å². The molecule has 148 valence electrons. The fourth-order valence-corrected chi connectivity index (χ4v) is 5.77. The molecule has 0 unspecified atom stereocenters. The first-order valence-electron chi connectivity index (χ1n) is 9.77. The van der Waals surface area contributed by atoms with E-state index in [4.69, 9.17) is 9.84 Å². The van der Waals surface area contributed by atoms with Gasteiger partial charge < -0.3 is 9.84 Å². The van der Waals surface area contributed by atoms with Crippen molar-refractivity contribution in [2.75, 3.05) is 5.75 Å². The van der Waals surface area contributed by atoms with E-state index in [0.717, 1.165) is 25.7 Å². The highest BCUT2D eigenvalue weighted by molar-refractivity contribution is 7.91. The number of benzene rings is 1. The Morgan fingerprint density at radius 2 is 1.81 bits per heavy atom. The Balaban J connectivity index is 1.54. The lowest BCUT2D eigenvalue weighted by atomic mass is 9.76. The van der Waals surface area contributed by atoms with Crippen LogP contribution >= 0.6 is 0 Å². The van der Waals surface area contributed by atoms with Crippen LogP contribution < -0.4 is 0 Å². The van der Waals surface area contributed by atoms with Crippen molar-refractivity contribution in [2.45, 2.75) is 62.0 Å². The van der Waals surface area contributed by atoms with Gasteiger partial charge in [-0.25, -0.2) is 8.42 Å². The van der Waals surface area contributed by atoms with Gasteiger partial charge in [0.05, 0.1) is 22.9 Å². The van der Waals surface area contributed by atoms with E-state index in [2.05, 4.69) is 6.08 Å². The van der Waals surface area contributed by atoms with Gasteiger partial charge in [0.25, 0.3) is 0 Å². The standard InChI is InChI=1S/C21H28O5S/c22-21(23)11-7-2-1-6-10-17-18(20-13-12-19(17)26-20)14-15-27(24,25)16-8-4-3-5-9-16/h1,3-6,8-9,17-20H,2,7,10-15H2,(H,22,23)/b6-1-/t17-,18+,19-,20+/m1/s1. The van der Waals surface area contributed by atoms with E-state index in [1.54, 1.807) is 24.3 Å². The third-order valence-electron chi connectivity index (χ3n) is 5.75. The number of hydrogen-bond donors (Lipinski definition) is 1. The van der Waals surface area contributed by atoms with Crippen LogP contribution in [0, 0.1) is 11.8 Å². The summed E-state index contributed by atoms with van der Waals surface area (Å²) >= 11 is 0. The average molecular weight is 393 g/mol. The van der Waals surface area contributed by atoms with Crippen LogP contribution in [-0.2, 0) is 19.4 Å². The van der Waals surface area contributed by atoms with E-state index in [-0.39, 0.29) is 30.3 Å². The summed E-state index contributed by atoms with van der Waals surface area (Å²) in [4.78, 5) is 10.9. The molecule has 2 fully saturated rings. The maximum absolute atomic E-state index is 12.6. The quantitative estimate of drug-likeness (QED) is 0.483. The average Bonchev–Trinajstić information content (AvgIpc) is 3.25. The Bertz CT molecular complexity index is 756. The minimum Gasteiger partial charge on any atom is -0.481 e. The molecule has 0 aromatic heterocycles. The van der Waals surface area contributed by atoms with E-state index in [0.29, 0.717) is 23.7 Å². The second kappa shape index (κ2) is 9.02. The fraction of sp³-hybridized carbons (Fsp3) is 0.571. The first-order chi connectivity index (χ1) is 13.0. The molecular weight excluding hydrogens is 364 g/mol. The smallest absolute Gasteiger partial charge is 0.303 e. The van der Waals surface area contributed by atoms with Crippen LogP contribution in [0.15, 0.2) is 47.4 Å². The van der Waals surface area contributed by atoms with Gasteiger partial charge in [0.2, 0.25) is 0 Å². The molecule has 1 N–H and O–H groups in total. The van der Waals surface area contributed by atoms with Crippen molar-refractivity contribution < 1.29 is 23.1 Å². The summed E-state index contributed by atoms with van der Waals surface area (Å²) in [5.74, 6) is 0.0496. The van der Waals surface area contributed by atoms with Crippen LogP contribution in [0.5, 0.6) is 0 Å². The summed E-state index contributed by atoms with van der Waals surface area (Å²) in [5.41, 5.74) is 0. The predicted molar refractivity (Wildman–Crippen MR) is 103 cm³/mol. The number of allylic oxidation sites excluding steroid dienone is 2. The van der Waals surface area contributed by atoms with Gasteiger partial charge in [0.1, 0.15) is 0 Å². The van der Waals surface area contributed by atoms with Crippen molar-refractivity contribution >= 4 is 15.8 Å². The topological polar surface area (TPSA) is 80.7 Å². The summed E-state index contributed by atoms with van der Waals surface area (Å²) in [6.45, 7) is 0. The number of carbonyl (C=O) groups is 1. The summed E-state index contributed by atoms with van der Waals surface area (Å²) in [5, 5.41) is 8.67. The molecule has 1 aromatic rings. The minimum absolute atomic E-state index is 0.160. The molecule has 0 saturated carbocycles. The molecule has 2 heterocycles. The van der Waals surface area contributed by atoms with E-state index in [9.17, 15) is 13.2 Å². The second-order valence-corrected chi connectivity index (χ2v) is 9.64. The zero-order valence-electron chi connectivity index (χ0n) is 15.5. The molecule has 5 nitrogen and oxygen atoms in total. The Labute approximate surface area is 161 Å². The number of sulfone groups is 1. The lowest BCUT2D eigenvalue weighted by Gasteiger charge is -2.27. The highest BCUT2D eigenvalue weighted by atomic mass is 32.2. The molecule has 27 heavy (non-hydrogen) atoms. The van der Waals surface area contributed by atoms with Gasteiger partial charge >= 0.3 is 5.97 Å². The highest BCUT2D eigenvalue weighted by Gasteiger charge is 2.48. The first kappa shape index (κ1) is 20.1. The van der Waals surface area contributed by atoms with Gasteiger partial charge in [0, 0.05) is 6.42 Å². The van der Waals surface area contributed by atoms with Crippen LogP contribution in [-0.4, -0.2) is 37.5 Å². The van der Waals surface area contributed by atoms with Gasteiger partial charge in [-0.3, -0.25) is 4.79 Å². The van der Waals surface area contributed by atoms with Crippen molar-refractivity contribution in [3.05, 3.63) is 42.5 Å². The number of ether oxygens (including phenoxy) is 1. The lowest BCUT2D eigenvalue weighted by Crippen LogP contribution is -2.28. The maximum Gasteiger partial charge on any atom is 0.303 e. The molecule has 0 aliphatic carbocycles. The number of hydrogen-bond acceptors (Lipinski definition) is 4. The molecule has 0 radical (unpaired) electrons. The van der Waals surface area contributed by atoms with Crippen LogP contribution in [0.3, 0.4) is 0 Å². The molecule has 0 amide bonds. The number of fused-ring (bicyclic) bond motifs is 2. The van der Waals surface area contributed by atoms with Crippen LogP contribution in [0.1, 0.15) is 44.9 Å². The van der Waals surface area contributed by atoms with Gasteiger partial charge in [-0.05, 0) is 62.5 Å². The number of carboxylic acids is 1. The highest BCUT2D eigenvalue weighted by Crippen LogP contribution is 2.46. The third kappa shape index (κ3) is 5.20. The number of unbranched alkanes of at least 4 members (excludes halogenated alkanes) is 1. The number of carboxylic acid groups (broad SMARTS) is 1. The SMILES string of the molecule is O=C(O)CCC/C=C\C[C@@H]1[C@H](CCS(=O)(=O)c2ccccc2)[C@@H]2CC[C@H]1O2. The van der Waals surface area contributed by atoms with Crippen LogP contribution in [0.4, 0.5) is 0 Å². The van der Waals surface area contributed by atoms with Crippen LogP contribution in [0.25, 0.3) is 0 Å². The Morgan fingerprint density at radius 1 is 1.11 bits per heavy atom. The van der Waals surface area contributed by atoms with E-state index in [1.165, 1.54) is 0 Å². The largest absolute Gasteiger partial charge is 0.481 e. The zero-order valence-corrected chi connectivity index (χ0v) is 16.3. The maximum atomic E-state index is 12.6. The fourth-order valence-electron chi connectivity index (χ4n) is 4.38. The molecule has 2 bridgehead atoms. The summed E-state index contributed by atoms with van der Waals surface area (Å²) < 4.78 is 31.2. The normalized spacial score (nSPS) is 27.4. The van der Waals surface area contributed by atoms with Crippen molar-refractivity contribution in [3.8, 4) is 0 Å². The molecule has 1 aromatic carbocycles. The number of aliphatic carboxylic acids is 1. The van der Waals surface area contributed by atoms with Gasteiger partial charge in [0.15, 0.2) is 9.84 Å². The van der Waals surface area contributed by atoms with Crippen LogP contribution in [0.2, 0.25) is 0 Å². The third-order valence-corrected chi connectivity index (χ3v) is 7.51. The summed E-state index contributed by atoms with van der Waals surface area (Å²) in [7, 11) is -3.26. The van der Waals surface area contributed by atoms with Crippen molar-refractivity contribution in [3.63, 3.8) is 0 Å². The van der Waals surface area contributed by atoms with E-state index >= 15 is 0 Å². The summed E-state index contributed by atoms with van der Waals surface area (Å²) in [6, 6.07) is 8.65. The van der Waals surface area contributed by atoms with E-state index < -0.39 is 15.8 Å². The Kier molecular flexibility index (Phi) is 6.71. The molecule has 6 heteroatoms. The number of rotatable bonds is 10. The summed E-state index contributed by atoms with van der Waals surface area (Å²) in [6.07, 6.45) is 9.81. The van der Waals surface area contributed by atoms with Gasteiger partial charge in [-0.2, -0.15) is 0 Å². The zero-order chi connectivity index (χ0) is 19.3. The molecule has 2 aliphatic heterocycles. The van der Waals surface area contributed by atoms with Crippen molar-refractivity contribution in [1.82, 2.24) is 0 Å². The molecule has 3 rings (SSSR count). The second-order valence-electron chi connectivity index (χ2n) is 7.53. The molecule has 4 atom stereocenters.